The lowest BCUT2D eigenvalue weighted by Gasteiger charge is -2.34. The van der Waals surface area contributed by atoms with Crippen LogP contribution >= 0.6 is 0 Å². The number of nitrogens with zero attached hydrogens (tertiary/aromatic N) is 2. The van der Waals surface area contributed by atoms with Crippen LogP contribution in [0.15, 0.2) is 95.7 Å². The van der Waals surface area contributed by atoms with Crippen molar-refractivity contribution >= 4 is 10.8 Å². The van der Waals surface area contributed by atoms with Crippen molar-refractivity contribution in [1.29, 1.82) is 10.5 Å². The second kappa shape index (κ2) is 9.99. The highest BCUT2D eigenvalue weighted by Crippen LogP contribution is 2.57. The van der Waals surface area contributed by atoms with Crippen molar-refractivity contribution in [2.75, 3.05) is 0 Å². The number of allylic oxidation sites excluding steroid dienone is 2. The molecule has 0 radical (unpaired) electrons. The van der Waals surface area contributed by atoms with E-state index in [2.05, 4.69) is 0 Å². The Morgan fingerprint density at radius 3 is 1.20 bits per heavy atom. The van der Waals surface area contributed by atoms with Crippen molar-refractivity contribution in [3.8, 4) is 23.6 Å². The normalized spacial score (nSPS) is 18.1. The Balaban J connectivity index is 1.65. The summed E-state index contributed by atoms with van der Waals surface area (Å²) < 4.78 is 92.0. The SMILES string of the molecule is N#CC1=C(N)Oc2c3c(c4ccccc4c2[C@H]1c1ccc(C(F)(F)F)cc1)[C@H](c1ccc(C(F)(F)F)cc1)C(C#N)=C(N)O3. The third-order valence-corrected chi connectivity index (χ3v) is 7.70. The van der Waals surface area contributed by atoms with E-state index in [9.17, 15) is 36.9 Å². The maximum atomic E-state index is 13.3. The van der Waals surface area contributed by atoms with Crippen molar-refractivity contribution < 1.29 is 35.8 Å². The summed E-state index contributed by atoms with van der Waals surface area (Å²) in [7, 11) is 0. The standard InChI is InChI=1S/C32H18F6N4O2/c33-31(34,35)17-9-5-15(6-10-17)23-21(13-39)29(41)43-27-25(23)19-3-1-2-4-20(19)26-24(22(14-40)30(42)44-28(26)27)16-7-11-18(12-8-16)32(36,37)38/h1-12,23-24H,41-42H2/t23-,24+. The third-order valence-electron chi connectivity index (χ3n) is 7.70. The number of hydrogen-bond donors (Lipinski definition) is 2. The molecule has 2 aliphatic heterocycles. The highest BCUT2D eigenvalue weighted by atomic mass is 19.4. The summed E-state index contributed by atoms with van der Waals surface area (Å²) in [6, 6.07) is 19.4. The lowest BCUT2D eigenvalue weighted by atomic mass is 9.75. The number of rotatable bonds is 2. The van der Waals surface area contributed by atoms with E-state index in [1.165, 1.54) is 24.3 Å². The van der Waals surface area contributed by atoms with Crippen molar-refractivity contribution in [1.82, 2.24) is 0 Å². The van der Waals surface area contributed by atoms with Gasteiger partial charge in [-0.3, -0.25) is 0 Å². The minimum Gasteiger partial charge on any atom is -0.436 e. The summed E-state index contributed by atoms with van der Waals surface area (Å²) >= 11 is 0. The number of alkyl halides is 6. The smallest absolute Gasteiger partial charge is 0.416 e. The average molecular weight is 605 g/mol. The second-order valence-corrected chi connectivity index (χ2v) is 10.1. The quantitative estimate of drug-likeness (QED) is 0.232. The van der Waals surface area contributed by atoms with Gasteiger partial charge in [0.1, 0.15) is 23.3 Å². The summed E-state index contributed by atoms with van der Waals surface area (Å²) in [4.78, 5) is 0. The van der Waals surface area contributed by atoms with Crippen LogP contribution < -0.4 is 20.9 Å². The van der Waals surface area contributed by atoms with Gasteiger partial charge in [-0.25, -0.2) is 0 Å². The zero-order valence-electron chi connectivity index (χ0n) is 22.2. The zero-order chi connectivity index (χ0) is 31.6. The fraction of sp³-hybridized carbons (Fsp3) is 0.125. The Morgan fingerprint density at radius 1 is 0.568 bits per heavy atom. The molecule has 0 bridgehead atoms. The molecule has 4 N–H and O–H groups in total. The maximum Gasteiger partial charge on any atom is 0.416 e. The van der Waals surface area contributed by atoms with Gasteiger partial charge in [0.25, 0.3) is 0 Å². The molecule has 0 amide bonds. The Bertz CT molecular complexity index is 1840. The topological polar surface area (TPSA) is 118 Å². The molecule has 4 aromatic rings. The molecule has 0 aliphatic carbocycles. The molecule has 2 aliphatic rings. The molecule has 0 saturated carbocycles. The molecular formula is C32H18F6N4O2. The first-order valence-electron chi connectivity index (χ1n) is 12.9. The van der Waals surface area contributed by atoms with E-state index in [0.29, 0.717) is 33.0 Å². The van der Waals surface area contributed by atoms with Gasteiger partial charge in [-0.15, -0.1) is 0 Å². The molecule has 0 unspecified atom stereocenters. The predicted molar refractivity (Wildman–Crippen MR) is 145 cm³/mol. The Labute approximate surface area is 245 Å². The largest absolute Gasteiger partial charge is 0.436 e. The molecule has 0 saturated heterocycles. The number of hydrogen-bond acceptors (Lipinski definition) is 6. The molecule has 6 rings (SSSR count). The molecule has 2 heterocycles. The number of fused-ring (bicyclic) bond motifs is 6. The van der Waals surface area contributed by atoms with Crippen LogP contribution in [-0.4, -0.2) is 0 Å². The highest BCUT2D eigenvalue weighted by Gasteiger charge is 2.42. The number of ether oxygens (including phenoxy) is 2. The first-order chi connectivity index (χ1) is 20.8. The third kappa shape index (κ3) is 4.43. The van der Waals surface area contributed by atoms with E-state index in [0.717, 1.165) is 24.3 Å². The lowest BCUT2D eigenvalue weighted by Crippen LogP contribution is -2.26. The maximum absolute atomic E-state index is 13.3. The van der Waals surface area contributed by atoms with Crippen LogP contribution in [0.5, 0.6) is 11.5 Å². The number of benzene rings is 4. The highest BCUT2D eigenvalue weighted by molar-refractivity contribution is 5.97. The minimum absolute atomic E-state index is 0.0111. The predicted octanol–water partition coefficient (Wildman–Crippen LogP) is 7.31. The molecule has 44 heavy (non-hydrogen) atoms. The summed E-state index contributed by atoms with van der Waals surface area (Å²) in [5.41, 5.74) is 11.8. The molecule has 4 aromatic carbocycles. The Hall–Kier alpha value is -5.62. The van der Waals surface area contributed by atoms with Gasteiger partial charge < -0.3 is 20.9 Å². The summed E-state index contributed by atoms with van der Waals surface area (Å²) in [5, 5.41) is 21.1. The zero-order valence-corrected chi connectivity index (χ0v) is 22.2. The molecule has 0 spiro atoms. The van der Waals surface area contributed by atoms with Crippen molar-refractivity contribution in [2.45, 2.75) is 24.2 Å². The van der Waals surface area contributed by atoms with E-state index in [1.807, 2.05) is 12.1 Å². The molecule has 12 heteroatoms. The van der Waals surface area contributed by atoms with E-state index >= 15 is 0 Å². The van der Waals surface area contributed by atoms with Crippen LogP contribution in [0.4, 0.5) is 26.3 Å². The van der Waals surface area contributed by atoms with E-state index < -0.39 is 35.3 Å². The van der Waals surface area contributed by atoms with E-state index in [-0.39, 0.29) is 34.4 Å². The van der Waals surface area contributed by atoms with Gasteiger partial charge in [0.2, 0.25) is 11.8 Å². The molecule has 0 fully saturated rings. The van der Waals surface area contributed by atoms with E-state index in [1.54, 1.807) is 24.3 Å². The van der Waals surface area contributed by atoms with Gasteiger partial charge >= 0.3 is 12.4 Å². The van der Waals surface area contributed by atoms with Gasteiger partial charge in [-0.05, 0) is 46.2 Å². The van der Waals surface area contributed by atoms with Crippen molar-refractivity contribution in [3.63, 3.8) is 0 Å². The minimum atomic E-state index is -4.59. The first kappa shape index (κ1) is 28.5. The Kier molecular flexibility index (Phi) is 6.47. The van der Waals surface area contributed by atoms with Crippen molar-refractivity contribution in [2.24, 2.45) is 11.5 Å². The fourth-order valence-corrected chi connectivity index (χ4v) is 5.76. The van der Waals surface area contributed by atoms with Crippen molar-refractivity contribution in [3.05, 3.63) is 129 Å². The van der Waals surface area contributed by atoms with Crippen LogP contribution in [-0.2, 0) is 12.4 Å². The van der Waals surface area contributed by atoms with Crippen LogP contribution in [0.3, 0.4) is 0 Å². The van der Waals surface area contributed by atoms with Gasteiger partial charge in [-0.2, -0.15) is 36.9 Å². The second-order valence-electron chi connectivity index (χ2n) is 10.1. The first-order valence-corrected chi connectivity index (χ1v) is 12.9. The summed E-state index contributed by atoms with van der Waals surface area (Å²) in [6.45, 7) is 0. The molecule has 0 aromatic heterocycles. The van der Waals surface area contributed by atoms with E-state index in [4.69, 9.17) is 20.9 Å². The summed E-state index contributed by atoms with van der Waals surface area (Å²) in [5.74, 6) is -2.61. The lowest BCUT2D eigenvalue weighted by molar-refractivity contribution is -0.138. The van der Waals surface area contributed by atoms with Gasteiger partial charge in [0, 0.05) is 11.1 Å². The average Bonchev–Trinajstić information content (AvgIpc) is 2.99. The van der Waals surface area contributed by atoms with Gasteiger partial charge in [0.15, 0.2) is 11.5 Å². The molecule has 2 atom stereocenters. The Morgan fingerprint density at radius 2 is 0.909 bits per heavy atom. The summed E-state index contributed by atoms with van der Waals surface area (Å²) in [6.07, 6.45) is -9.18. The fourth-order valence-electron chi connectivity index (χ4n) is 5.76. The number of nitriles is 2. The van der Waals surface area contributed by atoms with Gasteiger partial charge in [0.05, 0.1) is 23.0 Å². The van der Waals surface area contributed by atoms with Crippen LogP contribution in [0.25, 0.3) is 10.8 Å². The van der Waals surface area contributed by atoms with Crippen LogP contribution in [0.2, 0.25) is 0 Å². The molecule has 6 nitrogen and oxygen atoms in total. The number of halogens is 6. The van der Waals surface area contributed by atoms with Crippen LogP contribution in [0, 0.1) is 22.7 Å². The van der Waals surface area contributed by atoms with Gasteiger partial charge in [-0.1, -0.05) is 48.5 Å². The number of nitrogens with two attached hydrogens (primary N) is 2. The monoisotopic (exact) mass is 604 g/mol. The van der Waals surface area contributed by atoms with Crippen LogP contribution in [0.1, 0.15) is 45.2 Å². The molecular weight excluding hydrogens is 586 g/mol. The molecule has 220 valence electrons.